The zero-order valence-corrected chi connectivity index (χ0v) is 15.7. The Morgan fingerprint density at radius 1 is 1.21 bits per heavy atom. The van der Waals surface area contributed by atoms with Crippen LogP contribution in [-0.4, -0.2) is 56.3 Å². The number of rotatable bonds is 6. The fourth-order valence-electron chi connectivity index (χ4n) is 3.03. The van der Waals surface area contributed by atoms with E-state index < -0.39 is 30.2 Å². The predicted octanol–water partition coefficient (Wildman–Crippen LogP) is -1.03. The van der Waals surface area contributed by atoms with Crippen molar-refractivity contribution in [1.82, 2.24) is 14.9 Å². The fourth-order valence-corrected chi connectivity index (χ4v) is 3.03. The minimum Gasteiger partial charge on any atom is -0.395 e. The Balaban J connectivity index is 1.54. The van der Waals surface area contributed by atoms with Crippen LogP contribution in [0, 0.1) is 11.8 Å². The lowest BCUT2D eigenvalue weighted by atomic mass is 10.1. The minimum atomic E-state index is -1.26. The van der Waals surface area contributed by atoms with E-state index in [1.54, 1.807) is 0 Å². The molecule has 4 atom stereocenters. The summed E-state index contributed by atoms with van der Waals surface area (Å²) in [5, 5.41) is 32.4. The van der Waals surface area contributed by atoms with E-state index in [0.717, 1.165) is 15.7 Å². The van der Waals surface area contributed by atoms with E-state index in [0.29, 0.717) is 13.0 Å². The van der Waals surface area contributed by atoms with Crippen molar-refractivity contribution >= 4 is 5.82 Å². The molecule has 1 saturated heterocycles. The quantitative estimate of drug-likeness (QED) is 0.387. The molecule has 1 fully saturated rings. The summed E-state index contributed by atoms with van der Waals surface area (Å²) in [5.74, 6) is 5.90. The highest BCUT2D eigenvalue weighted by Gasteiger charge is 2.43. The molecule has 0 saturated carbocycles. The Hall–Kier alpha value is -2.74. The van der Waals surface area contributed by atoms with E-state index in [-0.39, 0.29) is 19.0 Å². The summed E-state index contributed by atoms with van der Waals surface area (Å²) in [5.41, 5.74) is 6.70. The number of nitrogen functional groups attached to an aromatic ring is 1. The highest BCUT2D eigenvalue weighted by atomic mass is 16.6. The molecule has 0 bridgehead atoms. The first-order valence-electron chi connectivity index (χ1n) is 9.25. The molecule has 0 aliphatic carbocycles. The maximum absolute atomic E-state index is 12.0. The molecule has 154 valence electrons. The summed E-state index contributed by atoms with van der Waals surface area (Å²) in [6.45, 7) is 0.855. The lowest BCUT2D eigenvalue weighted by Gasteiger charge is -2.17. The van der Waals surface area contributed by atoms with Crippen LogP contribution in [-0.2, 0) is 11.3 Å². The van der Waals surface area contributed by atoms with Crippen LogP contribution in [0.3, 0.4) is 0 Å². The van der Waals surface area contributed by atoms with Crippen LogP contribution in [0.15, 0.2) is 41.3 Å². The first kappa shape index (κ1) is 21.0. The second-order valence-electron chi connectivity index (χ2n) is 6.69. The lowest BCUT2D eigenvalue weighted by molar-refractivity contribution is -0.0390. The van der Waals surface area contributed by atoms with Crippen molar-refractivity contribution < 1.29 is 20.1 Å². The number of aliphatic hydroxyl groups is 3. The average molecular weight is 400 g/mol. The summed E-state index contributed by atoms with van der Waals surface area (Å²) < 4.78 is 6.80. The summed E-state index contributed by atoms with van der Waals surface area (Å²) >= 11 is 0. The van der Waals surface area contributed by atoms with Crippen LogP contribution in [0.1, 0.15) is 23.8 Å². The molecule has 2 heterocycles. The van der Waals surface area contributed by atoms with Gasteiger partial charge in [-0.2, -0.15) is 4.98 Å². The van der Waals surface area contributed by atoms with E-state index in [9.17, 15) is 15.0 Å². The van der Waals surface area contributed by atoms with Gasteiger partial charge < -0.3 is 31.1 Å². The number of anilines is 1. The molecule has 2 aromatic rings. The van der Waals surface area contributed by atoms with Gasteiger partial charge in [0.2, 0.25) is 0 Å². The predicted molar refractivity (Wildman–Crippen MR) is 106 cm³/mol. The van der Waals surface area contributed by atoms with Gasteiger partial charge in [0.05, 0.1) is 6.61 Å². The Morgan fingerprint density at radius 2 is 1.97 bits per heavy atom. The molecule has 3 rings (SSSR count). The molecule has 0 radical (unpaired) electrons. The van der Waals surface area contributed by atoms with Gasteiger partial charge in [-0.1, -0.05) is 24.0 Å². The molecular formula is C20H24N4O5. The van der Waals surface area contributed by atoms with Crippen LogP contribution in [0.4, 0.5) is 5.82 Å². The summed E-state index contributed by atoms with van der Waals surface area (Å²) in [6, 6.07) is 9.07. The third-order valence-corrected chi connectivity index (χ3v) is 4.56. The van der Waals surface area contributed by atoms with E-state index in [1.165, 1.54) is 12.3 Å². The third-order valence-electron chi connectivity index (χ3n) is 4.56. The highest BCUT2D eigenvalue weighted by Crippen LogP contribution is 2.28. The molecule has 0 spiro atoms. The Labute approximate surface area is 167 Å². The van der Waals surface area contributed by atoms with Crippen molar-refractivity contribution in [2.24, 2.45) is 0 Å². The van der Waals surface area contributed by atoms with E-state index in [4.69, 9.17) is 15.6 Å². The van der Waals surface area contributed by atoms with Gasteiger partial charge in [-0.05, 0) is 23.8 Å². The summed E-state index contributed by atoms with van der Waals surface area (Å²) in [4.78, 5) is 15.6. The monoisotopic (exact) mass is 400 g/mol. The van der Waals surface area contributed by atoms with Crippen molar-refractivity contribution in [3.05, 3.63) is 58.1 Å². The number of hydrogen-bond donors (Lipinski definition) is 5. The minimum absolute atomic E-state index is 0.0448. The number of aliphatic hydroxyl groups excluding tert-OH is 3. The number of nitrogens with zero attached hydrogens (tertiary/aromatic N) is 2. The molecule has 6 N–H and O–H groups in total. The molecule has 29 heavy (non-hydrogen) atoms. The smallest absolute Gasteiger partial charge is 0.351 e. The second-order valence-corrected chi connectivity index (χ2v) is 6.69. The summed E-state index contributed by atoms with van der Waals surface area (Å²) in [6.07, 6.45) is -2.31. The Bertz CT molecular complexity index is 934. The van der Waals surface area contributed by atoms with Gasteiger partial charge in [0.15, 0.2) is 6.23 Å². The topological polar surface area (TPSA) is 143 Å². The van der Waals surface area contributed by atoms with Gasteiger partial charge in [-0.3, -0.25) is 4.57 Å². The molecule has 0 unspecified atom stereocenters. The second kappa shape index (κ2) is 9.65. The average Bonchev–Trinajstić information content (AvgIpc) is 2.98. The zero-order chi connectivity index (χ0) is 20.8. The molecule has 9 nitrogen and oxygen atoms in total. The van der Waals surface area contributed by atoms with Crippen LogP contribution in [0.25, 0.3) is 0 Å². The number of hydrogen-bond acceptors (Lipinski definition) is 8. The Kier molecular flexibility index (Phi) is 6.98. The molecule has 1 aliphatic heterocycles. The molecule has 1 aliphatic rings. The van der Waals surface area contributed by atoms with Gasteiger partial charge in [-0.15, -0.1) is 0 Å². The largest absolute Gasteiger partial charge is 0.395 e. The molecule has 0 amide bonds. The van der Waals surface area contributed by atoms with Gasteiger partial charge in [0.1, 0.15) is 24.1 Å². The molecule has 1 aromatic carbocycles. The molecule has 9 heteroatoms. The van der Waals surface area contributed by atoms with Gasteiger partial charge in [-0.25, -0.2) is 4.79 Å². The maximum Gasteiger partial charge on any atom is 0.351 e. The first-order chi connectivity index (χ1) is 14.0. The van der Waals surface area contributed by atoms with Crippen LogP contribution < -0.4 is 16.7 Å². The van der Waals surface area contributed by atoms with E-state index in [2.05, 4.69) is 22.1 Å². The third kappa shape index (κ3) is 5.20. The SMILES string of the molecule is Nc1ccn([C@@H]2O[C@H](CNCc3ccc(C#CCCO)cc3)[C@@H](O)[C@H]2O)c(=O)n1. The Morgan fingerprint density at radius 3 is 2.66 bits per heavy atom. The normalized spacial score (nSPS) is 23.6. The number of nitrogens with one attached hydrogen (secondary N) is 1. The van der Waals surface area contributed by atoms with Gasteiger partial charge in [0, 0.05) is 31.3 Å². The number of aromatic nitrogens is 2. The summed E-state index contributed by atoms with van der Waals surface area (Å²) in [7, 11) is 0. The zero-order valence-electron chi connectivity index (χ0n) is 15.7. The standard InChI is InChI=1S/C20H24N4O5/c21-16-8-9-24(20(28)23-16)19-18(27)17(26)15(29-19)12-22-11-14-6-4-13(5-7-14)3-1-2-10-25/h4-9,15,17-19,22,25-27H,2,10-12H2,(H2,21,23,28)/t15-,17-,18-,19-/m1/s1. The highest BCUT2D eigenvalue weighted by molar-refractivity contribution is 5.36. The lowest BCUT2D eigenvalue weighted by Crippen LogP contribution is -2.38. The van der Waals surface area contributed by atoms with Crippen molar-refractivity contribution in [1.29, 1.82) is 0 Å². The van der Waals surface area contributed by atoms with Crippen LogP contribution >= 0.6 is 0 Å². The molecular weight excluding hydrogens is 376 g/mol. The molecule has 1 aromatic heterocycles. The van der Waals surface area contributed by atoms with Crippen molar-refractivity contribution in [3.8, 4) is 11.8 Å². The van der Waals surface area contributed by atoms with E-state index >= 15 is 0 Å². The van der Waals surface area contributed by atoms with Gasteiger partial charge in [0.25, 0.3) is 0 Å². The van der Waals surface area contributed by atoms with Crippen molar-refractivity contribution in [2.75, 3.05) is 18.9 Å². The maximum atomic E-state index is 12.0. The number of ether oxygens (including phenoxy) is 1. The fraction of sp³-hybridized carbons (Fsp3) is 0.400. The van der Waals surface area contributed by atoms with Crippen LogP contribution in [0.5, 0.6) is 0 Å². The number of nitrogens with two attached hydrogens (primary N) is 1. The van der Waals surface area contributed by atoms with E-state index in [1.807, 2.05) is 24.3 Å². The van der Waals surface area contributed by atoms with Crippen molar-refractivity contribution in [2.45, 2.75) is 37.5 Å². The van der Waals surface area contributed by atoms with Crippen LogP contribution in [0.2, 0.25) is 0 Å². The van der Waals surface area contributed by atoms with Gasteiger partial charge >= 0.3 is 5.69 Å². The van der Waals surface area contributed by atoms with Crippen molar-refractivity contribution in [3.63, 3.8) is 0 Å². The number of benzene rings is 1. The first-order valence-corrected chi connectivity index (χ1v) is 9.25.